The molecule has 0 radical (unpaired) electrons. The van der Waals surface area contributed by atoms with Crippen molar-refractivity contribution in [3.05, 3.63) is 78.4 Å². The van der Waals surface area contributed by atoms with Crippen molar-refractivity contribution in [1.82, 2.24) is 0 Å². The molecule has 2 rings (SSSR count). The van der Waals surface area contributed by atoms with E-state index in [2.05, 4.69) is 13.2 Å². The number of esters is 1. The van der Waals surface area contributed by atoms with Crippen LogP contribution in [0.1, 0.15) is 22.8 Å². The molecule has 4 nitrogen and oxygen atoms in total. The first kappa shape index (κ1) is 23.5. The van der Waals surface area contributed by atoms with Gasteiger partial charge in [-0.1, -0.05) is 13.2 Å². The highest BCUT2D eigenvalue weighted by molar-refractivity contribution is 8.14. The van der Waals surface area contributed by atoms with Crippen LogP contribution in [0.4, 0.5) is 13.2 Å². The van der Waals surface area contributed by atoms with Crippen LogP contribution in [-0.4, -0.2) is 16.2 Å². The lowest BCUT2D eigenvalue weighted by Gasteiger charge is -2.14. The molecule has 0 aliphatic carbocycles. The minimum Gasteiger partial charge on any atom is -0.422 e. The van der Waals surface area contributed by atoms with Crippen LogP contribution in [0.15, 0.2) is 77.1 Å². The summed E-state index contributed by atoms with van der Waals surface area (Å²) in [7, 11) is 0. The predicted molar refractivity (Wildman–Crippen MR) is 110 cm³/mol. The molecule has 0 aliphatic heterocycles. The molecule has 0 aromatic heterocycles. The molecule has 0 saturated heterocycles. The summed E-state index contributed by atoms with van der Waals surface area (Å²) in [4.78, 5) is 35.9. The van der Waals surface area contributed by atoms with Gasteiger partial charge in [0.2, 0.25) is 10.2 Å². The summed E-state index contributed by atoms with van der Waals surface area (Å²) in [6.45, 7) is 8.25. The number of alkyl halides is 3. The lowest BCUT2D eigenvalue weighted by Crippen LogP contribution is -2.14. The van der Waals surface area contributed by atoms with E-state index >= 15 is 0 Å². The summed E-state index contributed by atoms with van der Waals surface area (Å²) in [5, 5.41) is -0.760. The molecular formula is C21H15F3O4S2. The third kappa shape index (κ3) is 6.36. The third-order valence-corrected chi connectivity index (χ3v) is 5.39. The molecule has 0 amide bonds. The van der Waals surface area contributed by atoms with Gasteiger partial charge in [-0.2, -0.15) is 13.2 Å². The van der Waals surface area contributed by atoms with Crippen molar-refractivity contribution < 1.29 is 32.3 Å². The minimum absolute atomic E-state index is 0.00874. The van der Waals surface area contributed by atoms with Crippen LogP contribution in [0.5, 0.6) is 5.75 Å². The molecule has 0 aliphatic rings. The second kappa shape index (κ2) is 9.82. The molecule has 0 saturated carbocycles. The Hall–Kier alpha value is -2.78. The van der Waals surface area contributed by atoms with Crippen LogP contribution in [-0.2, 0) is 15.8 Å². The fourth-order valence-electron chi connectivity index (χ4n) is 2.05. The average Bonchev–Trinajstić information content (AvgIpc) is 2.68. The number of hydrogen-bond acceptors (Lipinski definition) is 6. The van der Waals surface area contributed by atoms with E-state index in [1.54, 1.807) is 0 Å². The number of rotatable bonds is 6. The van der Waals surface area contributed by atoms with E-state index in [1.807, 2.05) is 0 Å². The second-order valence-corrected chi connectivity index (χ2v) is 7.99. The van der Waals surface area contributed by atoms with Gasteiger partial charge in [0.25, 0.3) is 0 Å². The highest BCUT2D eigenvalue weighted by Gasteiger charge is 2.35. The highest BCUT2D eigenvalue weighted by Crippen LogP contribution is 2.39. The summed E-state index contributed by atoms with van der Waals surface area (Å²) < 4.78 is 45.3. The van der Waals surface area contributed by atoms with Gasteiger partial charge in [0, 0.05) is 9.79 Å². The number of carbonyl (C=O) groups is 3. The molecular weight excluding hydrogens is 437 g/mol. The Morgan fingerprint density at radius 1 is 1.00 bits per heavy atom. The maximum Gasteiger partial charge on any atom is 0.420 e. The van der Waals surface area contributed by atoms with Crippen LogP contribution in [0.2, 0.25) is 0 Å². The van der Waals surface area contributed by atoms with Gasteiger partial charge in [-0.15, -0.1) is 0 Å². The van der Waals surface area contributed by atoms with Gasteiger partial charge in [-0.3, -0.25) is 9.59 Å². The molecule has 0 spiro atoms. The summed E-state index contributed by atoms with van der Waals surface area (Å²) in [6.07, 6.45) is -3.67. The van der Waals surface area contributed by atoms with Gasteiger partial charge in [0.05, 0.1) is 11.1 Å². The number of thioether (sulfide) groups is 2. The minimum atomic E-state index is -4.80. The third-order valence-electron chi connectivity index (χ3n) is 3.49. The maximum atomic E-state index is 13.4. The van der Waals surface area contributed by atoms with Gasteiger partial charge in [0.15, 0.2) is 0 Å². The topological polar surface area (TPSA) is 60.4 Å². The lowest BCUT2D eigenvalue weighted by molar-refractivity contribution is -0.138. The predicted octanol–water partition coefficient (Wildman–Crippen LogP) is 5.92. The standard InChI is InChI=1S/C21H15F3O4S2/c1-4-18(25)29-14-7-5-13(6-8-14)19(26)28-17-10-9-15(30-20(27)12(2)3)11-16(17)21(22,23)24/h4-11H,1-2H2,3H3. The molecule has 0 bridgehead atoms. The Bertz CT molecular complexity index is 1010. The number of halogens is 3. The van der Waals surface area contributed by atoms with Crippen molar-refractivity contribution in [3.63, 3.8) is 0 Å². The molecule has 156 valence electrons. The second-order valence-electron chi connectivity index (χ2n) is 5.86. The number of benzene rings is 2. The zero-order chi connectivity index (χ0) is 22.5. The molecule has 30 heavy (non-hydrogen) atoms. The molecule has 9 heteroatoms. The summed E-state index contributed by atoms with van der Waals surface area (Å²) in [6, 6.07) is 8.60. The van der Waals surface area contributed by atoms with Crippen LogP contribution in [0.3, 0.4) is 0 Å². The Kier molecular flexibility index (Phi) is 7.69. The van der Waals surface area contributed by atoms with Gasteiger partial charge in [0.1, 0.15) is 5.75 Å². The number of hydrogen-bond donors (Lipinski definition) is 0. The first-order valence-electron chi connectivity index (χ1n) is 8.26. The molecule has 2 aromatic rings. The van der Waals surface area contributed by atoms with E-state index < -0.39 is 28.6 Å². The Balaban J connectivity index is 2.25. The van der Waals surface area contributed by atoms with Crippen LogP contribution in [0, 0.1) is 0 Å². The van der Waals surface area contributed by atoms with Crippen LogP contribution >= 0.6 is 23.5 Å². The fraction of sp³-hybridized carbons (Fsp3) is 0.0952. The van der Waals surface area contributed by atoms with Crippen LogP contribution in [0.25, 0.3) is 0 Å². The van der Waals surface area contributed by atoms with Crippen molar-refractivity contribution in [2.75, 3.05) is 0 Å². The van der Waals surface area contributed by atoms with Gasteiger partial charge in [-0.05, 0) is 84.6 Å². The summed E-state index contributed by atoms with van der Waals surface area (Å²) >= 11 is 1.49. The molecule has 2 aromatic carbocycles. The average molecular weight is 452 g/mol. The van der Waals surface area contributed by atoms with Gasteiger partial charge < -0.3 is 4.74 Å². The molecule has 0 atom stereocenters. The number of carbonyl (C=O) groups excluding carboxylic acids is 3. The van der Waals surface area contributed by atoms with Gasteiger partial charge in [-0.25, -0.2) is 4.79 Å². The lowest BCUT2D eigenvalue weighted by atomic mass is 10.2. The summed E-state index contributed by atoms with van der Waals surface area (Å²) in [5.74, 6) is -1.68. The van der Waals surface area contributed by atoms with Crippen molar-refractivity contribution in [1.29, 1.82) is 0 Å². The Morgan fingerprint density at radius 3 is 2.13 bits per heavy atom. The molecule has 0 N–H and O–H groups in total. The normalized spacial score (nSPS) is 10.9. The molecule has 0 unspecified atom stereocenters. The monoisotopic (exact) mass is 452 g/mol. The summed E-state index contributed by atoms with van der Waals surface area (Å²) in [5.41, 5.74) is -0.978. The number of ether oxygens (including phenoxy) is 1. The molecule has 0 heterocycles. The quantitative estimate of drug-likeness (QED) is 0.235. The SMILES string of the molecule is C=CC(=O)Sc1ccc(C(=O)Oc2ccc(SC(=O)C(=C)C)cc2C(F)(F)F)cc1. The van der Waals surface area contributed by atoms with E-state index in [0.717, 1.165) is 30.0 Å². The highest BCUT2D eigenvalue weighted by atomic mass is 32.2. The van der Waals surface area contributed by atoms with Crippen molar-refractivity contribution >= 4 is 39.7 Å². The van der Waals surface area contributed by atoms with E-state index in [0.29, 0.717) is 16.7 Å². The van der Waals surface area contributed by atoms with Crippen molar-refractivity contribution in [3.8, 4) is 5.75 Å². The maximum absolute atomic E-state index is 13.4. The van der Waals surface area contributed by atoms with Crippen molar-refractivity contribution in [2.24, 2.45) is 0 Å². The first-order chi connectivity index (χ1) is 14.0. The zero-order valence-electron chi connectivity index (χ0n) is 15.6. The zero-order valence-corrected chi connectivity index (χ0v) is 17.2. The smallest absolute Gasteiger partial charge is 0.420 e. The fourth-order valence-corrected chi connectivity index (χ4v) is 3.34. The van der Waals surface area contributed by atoms with Crippen molar-refractivity contribution in [2.45, 2.75) is 22.9 Å². The van der Waals surface area contributed by atoms with E-state index in [9.17, 15) is 27.6 Å². The Morgan fingerprint density at radius 2 is 1.60 bits per heavy atom. The van der Waals surface area contributed by atoms with Crippen LogP contribution < -0.4 is 4.74 Å². The van der Waals surface area contributed by atoms with E-state index in [-0.39, 0.29) is 21.1 Å². The van der Waals surface area contributed by atoms with E-state index in [4.69, 9.17) is 4.74 Å². The largest absolute Gasteiger partial charge is 0.422 e. The van der Waals surface area contributed by atoms with E-state index in [1.165, 1.54) is 37.3 Å². The molecule has 0 fully saturated rings. The first-order valence-corrected chi connectivity index (χ1v) is 9.90. The Labute approximate surface area is 179 Å². The van der Waals surface area contributed by atoms with Gasteiger partial charge >= 0.3 is 12.1 Å².